The molecule has 0 unspecified atom stereocenters. The van der Waals surface area contributed by atoms with Gasteiger partial charge in [0.15, 0.2) is 0 Å². The number of ether oxygens (including phenoxy) is 2. The second-order valence-electron chi connectivity index (χ2n) is 4.99. The van der Waals surface area contributed by atoms with Crippen molar-refractivity contribution in [3.8, 4) is 11.5 Å². The summed E-state index contributed by atoms with van der Waals surface area (Å²) in [6.07, 6.45) is 1.10. The van der Waals surface area contributed by atoms with Crippen LogP contribution in [-0.2, 0) is 19.6 Å². The van der Waals surface area contributed by atoms with Crippen molar-refractivity contribution in [1.29, 1.82) is 0 Å². The van der Waals surface area contributed by atoms with Gasteiger partial charge in [-0.2, -0.15) is 0 Å². The molecule has 3 heteroatoms. The van der Waals surface area contributed by atoms with Gasteiger partial charge in [-0.3, -0.25) is 0 Å². The number of fused-ring (bicyclic) bond motifs is 1. The summed E-state index contributed by atoms with van der Waals surface area (Å²) in [5, 5.41) is 3.39. The van der Waals surface area contributed by atoms with Crippen LogP contribution in [0.5, 0.6) is 11.5 Å². The third-order valence-electron chi connectivity index (χ3n) is 3.62. The lowest BCUT2D eigenvalue weighted by molar-refractivity contribution is 0.305. The van der Waals surface area contributed by atoms with E-state index in [1.807, 2.05) is 24.3 Å². The van der Waals surface area contributed by atoms with Crippen LogP contribution in [0.2, 0.25) is 0 Å². The second-order valence-corrected chi connectivity index (χ2v) is 4.99. The van der Waals surface area contributed by atoms with E-state index in [1.165, 1.54) is 16.7 Å². The van der Waals surface area contributed by atoms with Crippen LogP contribution in [0.25, 0.3) is 0 Å². The van der Waals surface area contributed by atoms with Crippen LogP contribution in [0.1, 0.15) is 16.7 Å². The number of nitrogens with one attached hydrogen (secondary N) is 1. The predicted molar refractivity (Wildman–Crippen MR) is 79.2 cm³/mol. The molecule has 1 aliphatic rings. The largest absolute Gasteiger partial charge is 0.497 e. The second kappa shape index (κ2) is 5.97. The van der Waals surface area contributed by atoms with Crippen LogP contribution in [-0.4, -0.2) is 13.7 Å². The summed E-state index contributed by atoms with van der Waals surface area (Å²) in [5.41, 5.74) is 4.07. The molecule has 0 spiro atoms. The van der Waals surface area contributed by atoms with Crippen molar-refractivity contribution < 1.29 is 9.47 Å². The van der Waals surface area contributed by atoms with E-state index in [2.05, 4.69) is 23.5 Å². The zero-order valence-electron chi connectivity index (χ0n) is 11.7. The van der Waals surface area contributed by atoms with E-state index in [4.69, 9.17) is 9.47 Å². The lowest BCUT2D eigenvalue weighted by Crippen LogP contribution is -2.23. The fourth-order valence-corrected chi connectivity index (χ4v) is 2.46. The number of rotatable bonds is 4. The smallest absolute Gasteiger partial charge is 0.120 e. The maximum atomic E-state index is 5.81. The molecule has 3 rings (SSSR count). The molecule has 20 heavy (non-hydrogen) atoms. The summed E-state index contributed by atoms with van der Waals surface area (Å²) in [4.78, 5) is 0. The Hall–Kier alpha value is -2.00. The SMILES string of the molecule is COc1ccc(OCc2ccc3c(c2)CCNC3)cc1. The van der Waals surface area contributed by atoms with Gasteiger partial charge < -0.3 is 14.8 Å². The lowest BCUT2D eigenvalue weighted by Gasteiger charge is -2.18. The van der Waals surface area contributed by atoms with E-state index >= 15 is 0 Å². The van der Waals surface area contributed by atoms with Gasteiger partial charge in [0, 0.05) is 6.54 Å². The Morgan fingerprint density at radius 1 is 1.00 bits per heavy atom. The first-order valence-corrected chi connectivity index (χ1v) is 6.93. The van der Waals surface area contributed by atoms with E-state index in [0.717, 1.165) is 31.0 Å². The van der Waals surface area contributed by atoms with Crippen LogP contribution < -0.4 is 14.8 Å². The first-order chi connectivity index (χ1) is 9.85. The average Bonchev–Trinajstić information content (AvgIpc) is 2.53. The Balaban J connectivity index is 1.65. The minimum atomic E-state index is 0.604. The molecular weight excluding hydrogens is 250 g/mol. The normalized spacial score (nSPS) is 13.7. The summed E-state index contributed by atoms with van der Waals surface area (Å²) in [6.45, 7) is 2.65. The zero-order chi connectivity index (χ0) is 13.8. The Kier molecular flexibility index (Phi) is 3.88. The van der Waals surface area contributed by atoms with Crippen molar-refractivity contribution >= 4 is 0 Å². The minimum Gasteiger partial charge on any atom is -0.497 e. The van der Waals surface area contributed by atoms with Crippen molar-refractivity contribution in [2.45, 2.75) is 19.6 Å². The topological polar surface area (TPSA) is 30.5 Å². The summed E-state index contributed by atoms with van der Waals surface area (Å²) in [5.74, 6) is 1.71. The van der Waals surface area contributed by atoms with E-state index in [-0.39, 0.29) is 0 Å². The Bertz CT molecular complexity index is 578. The van der Waals surface area contributed by atoms with E-state index in [0.29, 0.717) is 6.61 Å². The molecule has 1 aliphatic heterocycles. The minimum absolute atomic E-state index is 0.604. The molecule has 0 saturated heterocycles. The van der Waals surface area contributed by atoms with E-state index in [1.54, 1.807) is 7.11 Å². The molecule has 0 amide bonds. The molecule has 0 aromatic heterocycles. The molecule has 0 atom stereocenters. The predicted octanol–water partition coefficient (Wildman–Crippen LogP) is 2.92. The van der Waals surface area contributed by atoms with Crippen molar-refractivity contribution in [1.82, 2.24) is 5.32 Å². The van der Waals surface area contributed by atoms with Gasteiger partial charge in [-0.15, -0.1) is 0 Å². The summed E-state index contributed by atoms with van der Waals surface area (Å²) >= 11 is 0. The highest BCUT2D eigenvalue weighted by Gasteiger charge is 2.08. The third-order valence-corrected chi connectivity index (χ3v) is 3.62. The molecule has 0 radical (unpaired) electrons. The molecule has 1 heterocycles. The molecule has 104 valence electrons. The first kappa shape index (κ1) is 13.0. The zero-order valence-corrected chi connectivity index (χ0v) is 11.7. The van der Waals surface area contributed by atoms with Gasteiger partial charge in [-0.05, 0) is 53.9 Å². The number of methoxy groups -OCH3 is 1. The van der Waals surface area contributed by atoms with Crippen molar-refractivity contribution in [2.75, 3.05) is 13.7 Å². The first-order valence-electron chi connectivity index (χ1n) is 6.93. The standard InChI is InChI=1S/C17H19NO2/c1-19-16-4-6-17(7-5-16)20-12-13-2-3-15-11-18-9-8-14(15)10-13/h2-7,10,18H,8-9,11-12H2,1H3. The molecule has 0 bridgehead atoms. The quantitative estimate of drug-likeness (QED) is 0.925. The Labute approximate surface area is 119 Å². The summed E-state index contributed by atoms with van der Waals surface area (Å²) in [6, 6.07) is 14.3. The molecular formula is C17H19NO2. The Morgan fingerprint density at radius 3 is 2.60 bits per heavy atom. The molecule has 0 saturated carbocycles. The van der Waals surface area contributed by atoms with Crippen LogP contribution in [0, 0.1) is 0 Å². The van der Waals surface area contributed by atoms with Gasteiger partial charge in [0.2, 0.25) is 0 Å². The Morgan fingerprint density at radius 2 is 1.80 bits per heavy atom. The van der Waals surface area contributed by atoms with E-state index < -0.39 is 0 Å². The highest BCUT2D eigenvalue weighted by Crippen LogP contribution is 2.20. The van der Waals surface area contributed by atoms with Crippen LogP contribution >= 0.6 is 0 Å². The molecule has 2 aromatic carbocycles. The van der Waals surface area contributed by atoms with Gasteiger partial charge in [0.05, 0.1) is 7.11 Å². The van der Waals surface area contributed by atoms with E-state index in [9.17, 15) is 0 Å². The highest BCUT2D eigenvalue weighted by atomic mass is 16.5. The molecule has 1 N–H and O–H groups in total. The molecule has 0 fully saturated rings. The summed E-state index contributed by atoms with van der Waals surface area (Å²) < 4.78 is 10.9. The van der Waals surface area contributed by atoms with Gasteiger partial charge in [0.25, 0.3) is 0 Å². The van der Waals surface area contributed by atoms with Gasteiger partial charge in [-0.25, -0.2) is 0 Å². The third kappa shape index (κ3) is 2.94. The molecule has 3 nitrogen and oxygen atoms in total. The highest BCUT2D eigenvalue weighted by molar-refractivity contribution is 5.34. The fourth-order valence-electron chi connectivity index (χ4n) is 2.46. The van der Waals surface area contributed by atoms with Crippen LogP contribution in [0.3, 0.4) is 0 Å². The molecule has 2 aromatic rings. The number of benzene rings is 2. The lowest BCUT2D eigenvalue weighted by atomic mass is 9.99. The maximum Gasteiger partial charge on any atom is 0.120 e. The maximum absolute atomic E-state index is 5.81. The van der Waals surface area contributed by atoms with Gasteiger partial charge in [-0.1, -0.05) is 18.2 Å². The van der Waals surface area contributed by atoms with Gasteiger partial charge >= 0.3 is 0 Å². The monoisotopic (exact) mass is 269 g/mol. The van der Waals surface area contributed by atoms with Crippen LogP contribution in [0.15, 0.2) is 42.5 Å². The van der Waals surface area contributed by atoms with Crippen molar-refractivity contribution in [3.05, 3.63) is 59.2 Å². The summed E-state index contributed by atoms with van der Waals surface area (Å²) in [7, 11) is 1.66. The van der Waals surface area contributed by atoms with Gasteiger partial charge in [0.1, 0.15) is 18.1 Å². The fraction of sp³-hybridized carbons (Fsp3) is 0.294. The van der Waals surface area contributed by atoms with Crippen molar-refractivity contribution in [3.63, 3.8) is 0 Å². The van der Waals surface area contributed by atoms with Crippen molar-refractivity contribution in [2.24, 2.45) is 0 Å². The number of hydrogen-bond donors (Lipinski definition) is 1. The van der Waals surface area contributed by atoms with Crippen LogP contribution in [0.4, 0.5) is 0 Å². The average molecular weight is 269 g/mol. The number of hydrogen-bond acceptors (Lipinski definition) is 3. The molecule has 0 aliphatic carbocycles.